The molecule has 2 rings (SSSR count). The van der Waals surface area contributed by atoms with Crippen LogP contribution in [0.4, 0.5) is 0 Å². The van der Waals surface area contributed by atoms with Crippen LogP contribution in [-0.2, 0) is 9.22 Å². The molecule has 0 saturated heterocycles. The molecule has 0 aromatic carbocycles. The molecule has 2 saturated carbocycles. The fraction of sp³-hybridized carbons (Fsp3) is 0.929. The first-order chi connectivity index (χ1) is 7.71. The predicted molar refractivity (Wildman–Crippen MR) is 72.5 cm³/mol. The van der Waals surface area contributed by atoms with Crippen LogP contribution in [0, 0.1) is 17.8 Å². The summed E-state index contributed by atoms with van der Waals surface area (Å²) < 4.78 is 6.27. The van der Waals surface area contributed by atoms with Gasteiger partial charge >= 0.3 is 0 Å². The highest BCUT2D eigenvalue weighted by Gasteiger charge is 2.46. The van der Waals surface area contributed by atoms with Crippen molar-refractivity contribution < 1.29 is 9.22 Å². The molecular weight excluding hydrogens is 228 g/mol. The summed E-state index contributed by atoms with van der Waals surface area (Å²) in [4.78, 5) is 11.7. The van der Waals surface area contributed by atoms with Gasteiger partial charge in [-0.15, -0.1) is 0 Å². The zero-order valence-electron chi connectivity index (χ0n) is 11.9. The Balaban J connectivity index is 1.90. The average molecular weight is 254 g/mol. The Bertz CT molecular complexity index is 317. The Hall–Kier alpha value is -0.153. The van der Waals surface area contributed by atoms with Crippen LogP contribution < -0.4 is 0 Å². The SMILES string of the molecule is CC(C)(C)[Si](C)(C)OC[C@@H]1C[C@H]2CC(=O)[C@@H]1C2. The minimum atomic E-state index is -1.63. The first-order valence-corrected chi connectivity index (χ1v) is 9.78. The maximum atomic E-state index is 11.7. The maximum Gasteiger partial charge on any atom is 0.191 e. The summed E-state index contributed by atoms with van der Waals surface area (Å²) >= 11 is 0. The van der Waals surface area contributed by atoms with E-state index in [1.807, 2.05) is 0 Å². The number of carbonyl (C=O) groups is 1. The lowest BCUT2D eigenvalue weighted by molar-refractivity contribution is -0.123. The van der Waals surface area contributed by atoms with Gasteiger partial charge in [-0.1, -0.05) is 20.8 Å². The lowest BCUT2D eigenvalue weighted by Gasteiger charge is -2.37. The smallest absolute Gasteiger partial charge is 0.191 e. The molecule has 3 atom stereocenters. The molecule has 0 amide bonds. The van der Waals surface area contributed by atoms with Gasteiger partial charge in [0.15, 0.2) is 8.32 Å². The van der Waals surface area contributed by atoms with Gasteiger partial charge in [0.05, 0.1) is 0 Å². The molecule has 0 aliphatic heterocycles. The van der Waals surface area contributed by atoms with E-state index < -0.39 is 8.32 Å². The second-order valence-electron chi connectivity index (χ2n) is 7.45. The van der Waals surface area contributed by atoms with Crippen molar-refractivity contribution in [1.29, 1.82) is 0 Å². The lowest BCUT2D eigenvalue weighted by atomic mass is 9.89. The summed E-state index contributed by atoms with van der Waals surface area (Å²) in [5.41, 5.74) is 0. The lowest BCUT2D eigenvalue weighted by Crippen LogP contribution is -2.42. The summed E-state index contributed by atoms with van der Waals surface area (Å²) in [6.45, 7) is 12.2. The van der Waals surface area contributed by atoms with Crippen LogP contribution in [0.2, 0.25) is 18.1 Å². The summed E-state index contributed by atoms with van der Waals surface area (Å²) in [5, 5.41) is 0.272. The van der Waals surface area contributed by atoms with Gasteiger partial charge in [0.25, 0.3) is 0 Å². The quantitative estimate of drug-likeness (QED) is 0.719. The molecule has 2 aliphatic carbocycles. The van der Waals surface area contributed by atoms with E-state index in [-0.39, 0.29) is 5.04 Å². The summed E-state index contributed by atoms with van der Waals surface area (Å²) in [5.74, 6) is 2.05. The van der Waals surface area contributed by atoms with Gasteiger partial charge in [-0.2, -0.15) is 0 Å². The molecule has 0 aromatic rings. The number of carbonyl (C=O) groups excluding carboxylic acids is 1. The van der Waals surface area contributed by atoms with E-state index in [1.165, 1.54) is 6.42 Å². The molecule has 0 radical (unpaired) electrons. The van der Waals surface area contributed by atoms with Crippen molar-refractivity contribution in [3.63, 3.8) is 0 Å². The van der Waals surface area contributed by atoms with E-state index in [9.17, 15) is 4.79 Å². The van der Waals surface area contributed by atoms with Crippen LogP contribution in [0.15, 0.2) is 0 Å². The molecule has 2 nitrogen and oxygen atoms in total. The number of rotatable bonds is 3. The van der Waals surface area contributed by atoms with Crippen molar-refractivity contribution in [3.8, 4) is 0 Å². The summed E-state index contributed by atoms with van der Waals surface area (Å²) in [7, 11) is -1.63. The molecule has 2 fully saturated rings. The van der Waals surface area contributed by atoms with Crippen LogP contribution in [0.1, 0.15) is 40.0 Å². The van der Waals surface area contributed by atoms with Crippen molar-refractivity contribution in [2.75, 3.05) is 6.61 Å². The van der Waals surface area contributed by atoms with Gasteiger partial charge in [0.1, 0.15) is 5.78 Å². The molecule has 0 unspecified atom stereocenters. The monoisotopic (exact) mass is 254 g/mol. The minimum Gasteiger partial charge on any atom is -0.417 e. The van der Waals surface area contributed by atoms with Gasteiger partial charge in [-0.25, -0.2) is 0 Å². The Morgan fingerprint density at radius 3 is 2.41 bits per heavy atom. The van der Waals surface area contributed by atoms with E-state index in [1.54, 1.807) is 0 Å². The van der Waals surface area contributed by atoms with E-state index in [0.717, 1.165) is 19.4 Å². The van der Waals surface area contributed by atoms with E-state index in [0.29, 0.717) is 23.5 Å². The Morgan fingerprint density at radius 1 is 1.29 bits per heavy atom. The maximum absolute atomic E-state index is 11.7. The van der Waals surface area contributed by atoms with Crippen molar-refractivity contribution in [2.45, 2.75) is 58.2 Å². The Morgan fingerprint density at radius 2 is 1.94 bits per heavy atom. The van der Waals surface area contributed by atoms with Crippen molar-refractivity contribution in [1.82, 2.24) is 0 Å². The molecule has 2 bridgehead atoms. The third-order valence-electron chi connectivity index (χ3n) is 5.16. The molecule has 0 heterocycles. The number of fused-ring (bicyclic) bond motifs is 2. The second kappa shape index (κ2) is 4.20. The van der Waals surface area contributed by atoms with Crippen LogP contribution in [0.3, 0.4) is 0 Å². The van der Waals surface area contributed by atoms with Crippen LogP contribution in [0.5, 0.6) is 0 Å². The van der Waals surface area contributed by atoms with Crippen molar-refractivity contribution >= 4 is 14.1 Å². The molecule has 98 valence electrons. The molecule has 0 aromatic heterocycles. The number of ketones is 1. The topological polar surface area (TPSA) is 26.3 Å². The Kier molecular flexibility index (Phi) is 3.28. The summed E-state index contributed by atoms with van der Waals surface area (Å²) in [6, 6.07) is 0. The second-order valence-corrected chi connectivity index (χ2v) is 12.3. The molecular formula is C14H26O2Si. The van der Waals surface area contributed by atoms with E-state index >= 15 is 0 Å². The van der Waals surface area contributed by atoms with Gasteiger partial charge in [-0.05, 0) is 42.8 Å². The van der Waals surface area contributed by atoms with Gasteiger partial charge < -0.3 is 4.43 Å². The molecule has 0 N–H and O–H groups in total. The van der Waals surface area contributed by atoms with Gasteiger partial charge in [0, 0.05) is 18.9 Å². The van der Waals surface area contributed by atoms with Gasteiger partial charge in [-0.3, -0.25) is 4.79 Å². The number of Topliss-reactive ketones (excluding diaryl/α,β-unsaturated/α-hetero) is 1. The minimum absolute atomic E-state index is 0.272. The number of hydrogen-bond donors (Lipinski definition) is 0. The average Bonchev–Trinajstić information content (AvgIpc) is 2.71. The fourth-order valence-electron chi connectivity index (χ4n) is 2.95. The standard InChI is InChI=1S/C14H26O2Si/c1-14(2,3)17(4,5)16-9-11-6-10-7-12(11)13(15)8-10/h10-12H,6-9H2,1-5H3/t10-,11+,12-/m1/s1. The molecule has 3 heteroatoms. The highest BCUT2D eigenvalue weighted by atomic mass is 28.4. The van der Waals surface area contributed by atoms with Crippen LogP contribution in [-0.4, -0.2) is 20.7 Å². The largest absolute Gasteiger partial charge is 0.417 e. The van der Waals surface area contributed by atoms with E-state index in [4.69, 9.17) is 4.43 Å². The first kappa shape index (κ1) is 13.3. The predicted octanol–water partition coefficient (Wildman–Crippen LogP) is 3.62. The molecule has 0 spiro atoms. The highest BCUT2D eigenvalue weighted by molar-refractivity contribution is 6.74. The van der Waals surface area contributed by atoms with Crippen LogP contribution >= 0.6 is 0 Å². The summed E-state index contributed by atoms with van der Waals surface area (Å²) in [6.07, 6.45) is 3.22. The fourth-order valence-corrected chi connectivity index (χ4v) is 4.02. The number of hydrogen-bond acceptors (Lipinski definition) is 2. The normalized spacial score (nSPS) is 33.5. The van der Waals surface area contributed by atoms with Crippen molar-refractivity contribution in [3.05, 3.63) is 0 Å². The first-order valence-electron chi connectivity index (χ1n) is 6.87. The zero-order chi connectivity index (χ0) is 12.8. The van der Waals surface area contributed by atoms with Gasteiger partial charge in [0.2, 0.25) is 0 Å². The van der Waals surface area contributed by atoms with Crippen LogP contribution in [0.25, 0.3) is 0 Å². The van der Waals surface area contributed by atoms with E-state index in [2.05, 4.69) is 33.9 Å². The third-order valence-corrected chi connectivity index (χ3v) is 9.66. The highest BCUT2D eigenvalue weighted by Crippen LogP contribution is 2.47. The Labute approximate surface area is 106 Å². The third kappa shape index (κ3) is 2.50. The zero-order valence-corrected chi connectivity index (χ0v) is 12.9. The van der Waals surface area contributed by atoms with Crippen molar-refractivity contribution in [2.24, 2.45) is 17.8 Å². The molecule has 2 aliphatic rings. The molecule has 17 heavy (non-hydrogen) atoms.